The van der Waals surface area contributed by atoms with E-state index in [4.69, 9.17) is 10.8 Å². The Labute approximate surface area is 85.0 Å². The first kappa shape index (κ1) is 11.1. The lowest BCUT2D eigenvalue weighted by molar-refractivity contribution is -0.139. The number of nitrogens with two attached hydrogens (primary N) is 1. The molecule has 0 unspecified atom stereocenters. The van der Waals surface area contributed by atoms with E-state index in [-0.39, 0.29) is 11.8 Å². The molecular formula is C11H19NO2. The zero-order valence-electron chi connectivity index (χ0n) is 8.70. The number of allylic oxidation sites excluding steroid dienone is 1. The number of hydrogen-bond acceptors (Lipinski definition) is 2. The average molecular weight is 197 g/mol. The summed E-state index contributed by atoms with van der Waals surface area (Å²) in [5.41, 5.74) is 5.21. The van der Waals surface area contributed by atoms with Gasteiger partial charge in [-0.1, -0.05) is 25.8 Å². The summed E-state index contributed by atoms with van der Waals surface area (Å²) in [5, 5.41) is 8.87. The van der Waals surface area contributed by atoms with E-state index in [2.05, 4.69) is 6.92 Å². The summed E-state index contributed by atoms with van der Waals surface area (Å²) in [4.78, 5) is 10.8. The highest BCUT2D eigenvalue weighted by Crippen LogP contribution is 2.42. The van der Waals surface area contributed by atoms with Crippen LogP contribution in [0.25, 0.3) is 0 Å². The maximum absolute atomic E-state index is 10.8. The lowest BCUT2D eigenvalue weighted by atomic mass is 9.68. The molecule has 0 spiro atoms. The molecule has 1 fully saturated rings. The topological polar surface area (TPSA) is 63.3 Å². The highest BCUT2D eigenvalue weighted by molar-refractivity contribution is 5.68. The molecule has 3 N–H and O–H groups in total. The van der Waals surface area contributed by atoms with E-state index >= 15 is 0 Å². The van der Waals surface area contributed by atoms with Crippen molar-refractivity contribution in [3.63, 3.8) is 0 Å². The van der Waals surface area contributed by atoms with Crippen molar-refractivity contribution in [3.05, 3.63) is 12.3 Å². The van der Waals surface area contributed by atoms with Gasteiger partial charge in [0.25, 0.3) is 0 Å². The fourth-order valence-corrected chi connectivity index (χ4v) is 2.58. The monoisotopic (exact) mass is 197 g/mol. The maximum Gasteiger partial charge on any atom is 0.304 e. The van der Waals surface area contributed by atoms with E-state index in [9.17, 15) is 4.79 Å². The number of hydrogen-bond donors (Lipinski definition) is 2. The minimum absolute atomic E-state index is 0.182. The smallest absolute Gasteiger partial charge is 0.304 e. The number of aliphatic carboxylic acids is 1. The third-order valence-electron chi connectivity index (χ3n) is 3.08. The van der Waals surface area contributed by atoms with Gasteiger partial charge in [0.15, 0.2) is 0 Å². The van der Waals surface area contributed by atoms with Gasteiger partial charge in [-0.25, -0.2) is 0 Å². The van der Waals surface area contributed by atoms with Crippen molar-refractivity contribution < 1.29 is 9.90 Å². The van der Waals surface area contributed by atoms with Crippen LogP contribution in [0.4, 0.5) is 0 Å². The SMILES string of the molecule is C[C@@H]1CCC[C@@](/C=C/N)(CC(=O)O)C1. The lowest BCUT2D eigenvalue weighted by Gasteiger charge is -2.36. The molecule has 1 aliphatic rings. The normalized spacial score (nSPS) is 33.4. The third-order valence-corrected chi connectivity index (χ3v) is 3.08. The zero-order chi connectivity index (χ0) is 10.6. The van der Waals surface area contributed by atoms with Crippen LogP contribution in [0.1, 0.15) is 39.0 Å². The molecule has 0 amide bonds. The van der Waals surface area contributed by atoms with Crippen molar-refractivity contribution in [3.8, 4) is 0 Å². The number of carboxylic acids is 1. The van der Waals surface area contributed by atoms with Crippen LogP contribution in [0, 0.1) is 11.3 Å². The van der Waals surface area contributed by atoms with Crippen molar-refractivity contribution in [2.45, 2.75) is 39.0 Å². The van der Waals surface area contributed by atoms with Crippen LogP contribution in [0.15, 0.2) is 12.3 Å². The second kappa shape index (κ2) is 4.49. The Balaban J connectivity index is 2.74. The van der Waals surface area contributed by atoms with E-state index in [1.807, 2.05) is 6.08 Å². The molecule has 3 heteroatoms. The molecule has 2 atom stereocenters. The van der Waals surface area contributed by atoms with Crippen molar-refractivity contribution in [1.29, 1.82) is 0 Å². The minimum Gasteiger partial charge on any atom is -0.481 e. The Hall–Kier alpha value is -0.990. The molecule has 0 saturated heterocycles. The van der Waals surface area contributed by atoms with Gasteiger partial charge in [0.1, 0.15) is 0 Å². The zero-order valence-corrected chi connectivity index (χ0v) is 8.70. The fourth-order valence-electron chi connectivity index (χ4n) is 2.58. The molecule has 1 rings (SSSR count). The summed E-state index contributed by atoms with van der Waals surface area (Å²) in [7, 11) is 0. The maximum atomic E-state index is 10.8. The van der Waals surface area contributed by atoms with Crippen LogP contribution in [-0.2, 0) is 4.79 Å². The summed E-state index contributed by atoms with van der Waals surface area (Å²) in [6.45, 7) is 2.18. The first-order chi connectivity index (χ1) is 6.58. The Bertz CT molecular complexity index is 237. The number of carbonyl (C=O) groups is 1. The summed E-state index contributed by atoms with van der Waals surface area (Å²) >= 11 is 0. The van der Waals surface area contributed by atoms with Gasteiger partial charge in [-0.15, -0.1) is 0 Å². The van der Waals surface area contributed by atoms with E-state index in [0.717, 1.165) is 19.3 Å². The Morgan fingerprint density at radius 1 is 1.71 bits per heavy atom. The van der Waals surface area contributed by atoms with Gasteiger partial charge < -0.3 is 10.8 Å². The predicted molar refractivity (Wildman–Crippen MR) is 55.6 cm³/mol. The molecule has 0 aliphatic heterocycles. The molecule has 0 heterocycles. The molecule has 0 aromatic rings. The van der Waals surface area contributed by atoms with Crippen LogP contribution in [0.2, 0.25) is 0 Å². The van der Waals surface area contributed by atoms with Crippen LogP contribution < -0.4 is 5.73 Å². The van der Waals surface area contributed by atoms with Crippen molar-refractivity contribution in [2.24, 2.45) is 17.1 Å². The quantitative estimate of drug-likeness (QED) is 0.728. The first-order valence-electron chi connectivity index (χ1n) is 5.19. The summed E-state index contributed by atoms with van der Waals surface area (Å²) in [6, 6.07) is 0. The standard InChI is InChI=1S/C11H19NO2/c1-9-3-2-4-11(7-9,5-6-12)8-10(13)14/h5-6,9H,2-4,7-8,12H2,1H3,(H,13,14)/b6-5+/t9-,11+/m1/s1. The van der Waals surface area contributed by atoms with Crippen molar-refractivity contribution in [2.75, 3.05) is 0 Å². The Morgan fingerprint density at radius 3 is 2.93 bits per heavy atom. The highest BCUT2D eigenvalue weighted by Gasteiger charge is 2.34. The van der Waals surface area contributed by atoms with Crippen LogP contribution in [0.3, 0.4) is 0 Å². The largest absolute Gasteiger partial charge is 0.481 e. The lowest BCUT2D eigenvalue weighted by Crippen LogP contribution is -2.28. The second-order valence-corrected chi connectivity index (χ2v) is 4.49. The molecule has 1 saturated carbocycles. The third kappa shape index (κ3) is 2.76. The van der Waals surface area contributed by atoms with E-state index in [0.29, 0.717) is 5.92 Å². The first-order valence-corrected chi connectivity index (χ1v) is 5.19. The van der Waals surface area contributed by atoms with Crippen LogP contribution >= 0.6 is 0 Å². The van der Waals surface area contributed by atoms with E-state index < -0.39 is 5.97 Å². The summed E-state index contributed by atoms with van der Waals surface area (Å²) in [5.74, 6) is -0.114. The molecule has 0 aromatic heterocycles. The summed E-state index contributed by atoms with van der Waals surface area (Å²) in [6.07, 6.45) is 7.83. The molecule has 3 nitrogen and oxygen atoms in total. The molecule has 14 heavy (non-hydrogen) atoms. The molecule has 80 valence electrons. The van der Waals surface area contributed by atoms with Gasteiger partial charge in [0.2, 0.25) is 0 Å². The van der Waals surface area contributed by atoms with E-state index in [1.165, 1.54) is 12.6 Å². The summed E-state index contributed by atoms with van der Waals surface area (Å²) < 4.78 is 0. The van der Waals surface area contributed by atoms with Crippen LogP contribution in [0.5, 0.6) is 0 Å². The highest BCUT2D eigenvalue weighted by atomic mass is 16.4. The van der Waals surface area contributed by atoms with Gasteiger partial charge in [-0.3, -0.25) is 4.79 Å². The molecule has 1 aliphatic carbocycles. The Kier molecular flexibility index (Phi) is 3.55. The van der Waals surface area contributed by atoms with E-state index in [1.54, 1.807) is 0 Å². The molecule has 0 bridgehead atoms. The molecular weight excluding hydrogens is 178 g/mol. The van der Waals surface area contributed by atoms with Gasteiger partial charge in [0.05, 0.1) is 6.42 Å². The van der Waals surface area contributed by atoms with Gasteiger partial charge in [-0.2, -0.15) is 0 Å². The molecule has 0 radical (unpaired) electrons. The van der Waals surface area contributed by atoms with Crippen molar-refractivity contribution in [1.82, 2.24) is 0 Å². The number of rotatable bonds is 3. The van der Waals surface area contributed by atoms with Gasteiger partial charge in [0, 0.05) is 5.41 Å². The second-order valence-electron chi connectivity index (χ2n) is 4.49. The fraction of sp³-hybridized carbons (Fsp3) is 0.727. The van der Waals surface area contributed by atoms with Gasteiger partial charge in [-0.05, 0) is 25.0 Å². The van der Waals surface area contributed by atoms with Crippen molar-refractivity contribution >= 4 is 5.97 Å². The Morgan fingerprint density at radius 2 is 2.43 bits per heavy atom. The predicted octanol–water partition coefficient (Wildman–Crippen LogP) is 2.13. The van der Waals surface area contributed by atoms with Crippen LogP contribution in [-0.4, -0.2) is 11.1 Å². The number of carboxylic acid groups (broad SMARTS) is 1. The molecule has 0 aromatic carbocycles. The van der Waals surface area contributed by atoms with Gasteiger partial charge >= 0.3 is 5.97 Å². The minimum atomic E-state index is -0.725. The average Bonchev–Trinajstić information content (AvgIpc) is 2.02.